The first kappa shape index (κ1) is 16.8. The minimum atomic E-state index is -4.37. The fourth-order valence-corrected chi connectivity index (χ4v) is 1.99. The van der Waals surface area contributed by atoms with E-state index in [0.717, 1.165) is 0 Å². The summed E-state index contributed by atoms with van der Waals surface area (Å²) in [6.07, 6.45) is -2.52. The fraction of sp³-hybridized carbons (Fsp3) is 0.417. The van der Waals surface area contributed by atoms with Gasteiger partial charge in [0.15, 0.2) is 0 Å². The van der Waals surface area contributed by atoms with E-state index in [0.29, 0.717) is 0 Å². The highest BCUT2D eigenvalue weighted by Gasteiger charge is 2.29. The maximum Gasteiger partial charge on any atom is 0.446 e. The second-order valence-electron chi connectivity index (χ2n) is 4.07. The number of halogens is 3. The molecule has 1 aromatic rings. The molecular weight excluding hydrogens is 295 g/mol. The van der Waals surface area contributed by atoms with Gasteiger partial charge in [0.25, 0.3) is 0 Å². The molecule has 0 aliphatic carbocycles. The number of hydrogen-bond donors (Lipinski definition) is 3. The Morgan fingerprint density at radius 2 is 1.85 bits per heavy atom. The largest absolute Gasteiger partial charge is 0.446 e. The molecule has 0 aliphatic rings. The number of aliphatic hydroxyl groups is 2. The van der Waals surface area contributed by atoms with E-state index in [1.807, 2.05) is 0 Å². The average Bonchev–Trinajstić information content (AvgIpc) is 2.34. The monoisotopic (exact) mass is 309 g/mol. The number of aliphatic hydroxyl groups excluding tert-OH is 2. The number of benzene rings is 1. The van der Waals surface area contributed by atoms with Gasteiger partial charge in [0.05, 0.1) is 0 Å². The zero-order valence-corrected chi connectivity index (χ0v) is 11.3. The third-order valence-electron chi connectivity index (χ3n) is 2.38. The number of amides is 1. The topological polar surface area (TPSA) is 69.6 Å². The molecule has 0 bridgehead atoms. The van der Waals surface area contributed by atoms with Crippen LogP contribution < -0.4 is 5.32 Å². The molecule has 1 amide bonds. The maximum absolute atomic E-state index is 12.1. The first-order valence-electron chi connectivity index (χ1n) is 5.65. The lowest BCUT2D eigenvalue weighted by molar-refractivity contribution is -0.119. The minimum absolute atomic E-state index is 0.00944. The Balaban J connectivity index is 2.65. The summed E-state index contributed by atoms with van der Waals surface area (Å²) >= 11 is -0.257. The molecule has 0 aliphatic heterocycles. The van der Waals surface area contributed by atoms with Gasteiger partial charge in [-0.05, 0) is 29.5 Å². The Hall–Kier alpha value is -1.25. The Kier molecular flexibility index (Phi) is 5.85. The zero-order valence-electron chi connectivity index (χ0n) is 10.5. The molecule has 20 heavy (non-hydrogen) atoms. The van der Waals surface area contributed by atoms with Crippen LogP contribution in [-0.2, 0) is 4.79 Å². The summed E-state index contributed by atoms with van der Waals surface area (Å²) in [6.45, 7) is 1.12. The predicted octanol–water partition coefficient (Wildman–Crippen LogP) is 1.83. The Morgan fingerprint density at radius 3 is 2.30 bits per heavy atom. The molecule has 112 valence electrons. The van der Waals surface area contributed by atoms with Crippen LogP contribution >= 0.6 is 11.8 Å². The third-order valence-corrected chi connectivity index (χ3v) is 3.12. The van der Waals surface area contributed by atoms with Gasteiger partial charge >= 0.3 is 5.51 Å². The highest BCUT2D eigenvalue weighted by molar-refractivity contribution is 8.00. The number of thioether (sulfide) groups is 1. The molecule has 1 aromatic carbocycles. The lowest BCUT2D eigenvalue weighted by Gasteiger charge is -2.18. The van der Waals surface area contributed by atoms with Gasteiger partial charge in [-0.2, -0.15) is 13.2 Å². The van der Waals surface area contributed by atoms with Crippen molar-refractivity contribution in [3.63, 3.8) is 0 Å². The van der Waals surface area contributed by atoms with E-state index in [1.165, 1.54) is 31.2 Å². The van der Waals surface area contributed by atoms with E-state index in [2.05, 4.69) is 5.32 Å². The molecule has 0 spiro atoms. The molecule has 0 fully saturated rings. The van der Waals surface area contributed by atoms with Crippen LogP contribution in [0, 0.1) is 0 Å². The van der Waals surface area contributed by atoms with Crippen molar-refractivity contribution in [2.24, 2.45) is 0 Å². The molecule has 3 N–H and O–H groups in total. The van der Waals surface area contributed by atoms with E-state index in [-0.39, 0.29) is 34.7 Å². The van der Waals surface area contributed by atoms with Gasteiger partial charge in [0.1, 0.15) is 12.2 Å². The summed E-state index contributed by atoms with van der Waals surface area (Å²) in [4.78, 5) is 10.7. The number of hydrogen-bond acceptors (Lipinski definition) is 4. The molecule has 2 unspecified atom stereocenters. The molecule has 4 nitrogen and oxygen atoms in total. The molecule has 0 radical (unpaired) electrons. The van der Waals surface area contributed by atoms with Crippen molar-refractivity contribution in [1.29, 1.82) is 0 Å². The van der Waals surface area contributed by atoms with Crippen LogP contribution in [0.15, 0.2) is 29.2 Å². The third kappa shape index (κ3) is 5.81. The fourth-order valence-electron chi connectivity index (χ4n) is 1.45. The molecule has 0 saturated heterocycles. The van der Waals surface area contributed by atoms with Gasteiger partial charge in [0.2, 0.25) is 5.91 Å². The quantitative estimate of drug-likeness (QED) is 0.726. The summed E-state index contributed by atoms with van der Waals surface area (Å²) in [6, 6.07) is 5.02. The van der Waals surface area contributed by atoms with Crippen LogP contribution in [0.3, 0.4) is 0 Å². The highest BCUT2D eigenvalue weighted by atomic mass is 32.2. The van der Waals surface area contributed by atoms with Gasteiger partial charge in [-0.1, -0.05) is 12.1 Å². The van der Waals surface area contributed by atoms with Crippen molar-refractivity contribution in [2.75, 3.05) is 6.54 Å². The number of carbonyl (C=O) groups is 1. The molecular formula is C12H14F3NO3S. The molecule has 8 heteroatoms. The average molecular weight is 309 g/mol. The van der Waals surface area contributed by atoms with E-state index >= 15 is 0 Å². The van der Waals surface area contributed by atoms with Gasteiger partial charge in [-0.15, -0.1) is 0 Å². The first-order chi connectivity index (χ1) is 9.19. The summed E-state index contributed by atoms with van der Waals surface area (Å²) in [5.41, 5.74) is -4.10. The second-order valence-corrected chi connectivity index (χ2v) is 5.20. The van der Waals surface area contributed by atoms with Crippen molar-refractivity contribution < 1.29 is 28.2 Å². The lowest BCUT2D eigenvalue weighted by atomic mass is 10.0. The normalized spacial score (nSPS) is 14.7. The minimum Gasteiger partial charge on any atom is -0.388 e. The smallest absolute Gasteiger partial charge is 0.388 e. The Labute approximate surface area is 118 Å². The van der Waals surface area contributed by atoms with E-state index in [9.17, 15) is 28.2 Å². The Bertz CT molecular complexity index is 450. The van der Waals surface area contributed by atoms with Gasteiger partial charge in [-0.3, -0.25) is 4.79 Å². The zero-order chi connectivity index (χ0) is 15.3. The van der Waals surface area contributed by atoms with E-state index in [1.54, 1.807) is 0 Å². The number of rotatable bonds is 5. The lowest BCUT2D eigenvalue weighted by Crippen LogP contribution is -2.34. The van der Waals surface area contributed by atoms with Crippen LogP contribution in [0.5, 0.6) is 0 Å². The molecule has 2 atom stereocenters. The highest BCUT2D eigenvalue weighted by Crippen LogP contribution is 2.37. The summed E-state index contributed by atoms with van der Waals surface area (Å²) < 4.78 is 36.4. The van der Waals surface area contributed by atoms with Gasteiger partial charge in [-0.25, -0.2) is 0 Å². The first-order valence-corrected chi connectivity index (χ1v) is 6.47. The number of carbonyl (C=O) groups excluding carboxylic acids is 1. The van der Waals surface area contributed by atoms with E-state index in [4.69, 9.17) is 0 Å². The van der Waals surface area contributed by atoms with Crippen LogP contribution in [0.2, 0.25) is 0 Å². The number of alkyl halides is 3. The van der Waals surface area contributed by atoms with Crippen molar-refractivity contribution in [3.05, 3.63) is 29.8 Å². The van der Waals surface area contributed by atoms with Gasteiger partial charge in [0, 0.05) is 18.4 Å². The summed E-state index contributed by atoms with van der Waals surface area (Å²) in [7, 11) is 0. The van der Waals surface area contributed by atoms with Crippen molar-refractivity contribution in [1.82, 2.24) is 5.32 Å². The van der Waals surface area contributed by atoms with E-state index < -0.39 is 17.7 Å². The molecule has 0 aromatic heterocycles. The summed E-state index contributed by atoms with van der Waals surface area (Å²) in [5.74, 6) is -0.354. The maximum atomic E-state index is 12.1. The summed E-state index contributed by atoms with van der Waals surface area (Å²) in [5, 5.41) is 21.8. The number of nitrogens with one attached hydrogen (secondary N) is 1. The SMILES string of the molecule is CC(=O)NCC(O)C(O)c1ccc(SC(F)(F)F)cc1. The molecule has 0 heterocycles. The van der Waals surface area contributed by atoms with Gasteiger partial charge < -0.3 is 15.5 Å². The predicted molar refractivity (Wildman–Crippen MR) is 68.0 cm³/mol. The molecule has 1 rings (SSSR count). The van der Waals surface area contributed by atoms with Crippen LogP contribution in [0.25, 0.3) is 0 Å². The van der Waals surface area contributed by atoms with Crippen LogP contribution in [-0.4, -0.2) is 34.3 Å². The van der Waals surface area contributed by atoms with Crippen LogP contribution in [0.4, 0.5) is 13.2 Å². The van der Waals surface area contributed by atoms with Crippen LogP contribution in [0.1, 0.15) is 18.6 Å². The van der Waals surface area contributed by atoms with Crippen molar-refractivity contribution in [3.8, 4) is 0 Å². The Morgan fingerprint density at radius 1 is 1.30 bits per heavy atom. The standard InChI is InChI=1S/C12H14F3NO3S/c1-7(17)16-6-10(18)11(19)8-2-4-9(5-3-8)20-12(13,14)15/h2-5,10-11,18-19H,6H2,1H3,(H,16,17). The second kappa shape index (κ2) is 6.96. The molecule has 0 saturated carbocycles. The van der Waals surface area contributed by atoms with Crippen molar-refractivity contribution in [2.45, 2.75) is 29.5 Å². The van der Waals surface area contributed by atoms with Crippen molar-refractivity contribution >= 4 is 17.7 Å².